The van der Waals surface area contributed by atoms with Crippen LogP contribution < -0.4 is 0 Å². The van der Waals surface area contributed by atoms with Gasteiger partial charge in [-0.05, 0) is 61.9 Å². The van der Waals surface area contributed by atoms with Crippen molar-refractivity contribution in [2.45, 2.75) is 89.8 Å². The van der Waals surface area contributed by atoms with Gasteiger partial charge in [-0.2, -0.15) is 0 Å². The Morgan fingerprint density at radius 1 is 0.974 bits per heavy atom. The van der Waals surface area contributed by atoms with Crippen LogP contribution in [-0.2, 0) is 27.4 Å². The number of hydrogen-bond acceptors (Lipinski definition) is 3. The van der Waals surface area contributed by atoms with Gasteiger partial charge in [-0.25, -0.2) is 0 Å². The first-order valence-corrected chi connectivity index (χ1v) is 15.3. The van der Waals surface area contributed by atoms with E-state index < -0.39 is 0 Å². The van der Waals surface area contributed by atoms with Crippen molar-refractivity contribution in [1.82, 2.24) is 14.4 Å². The van der Waals surface area contributed by atoms with Crippen molar-refractivity contribution in [3.63, 3.8) is 0 Å². The lowest BCUT2D eigenvalue weighted by atomic mass is 9.88. The van der Waals surface area contributed by atoms with E-state index in [0.717, 1.165) is 74.5 Å². The second-order valence-electron chi connectivity index (χ2n) is 11.0. The second-order valence-corrected chi connectivity index (χ2v) is 11.9. The highest BCUT2D eigenvalue weighted by molar-refractivity contribution is 9.10. The summed E-state index contributed by atoms with van der Waals surface area (Å²) in [5, 5.41) is 0. The minimum absolute atomic E-state index is 0.0605. The molecule has 2 fully saturated rings. The Kier molecular flexibility index (Phi) is 11.3. The molecular weight excluding hydrogens is 542 g/mol. The summed E-state index contributed by atoms with van der Waals surface area (Å²) in [4.78, 5) is 31.5. The van der Waals surface area contributed by atoms with Crippen LogP contribution in [0.25, 0.3) is 0 Å². The van der Waals surface area contributed by atoms with E-state index in [4.69, 9.17) is 4.74 Å². The van der Waals surface area contributed by atoms with Crippen LogP contribution in [0.1, 0.15) is 81.9 Å². The number of benzene rings is 1. The first kappa shape index (κ1) is 28.9. The van der Waals surface area contributed by atoms with E-state index in [1.165, 1.54) is 18.4 Å². The monoisotopic (exact) mass is 585 g/mol. The Balaban J connectivity index is 1.50. The van der Waals surface area contributed by atoms with Crippen LogP contribution >= 0.6 is 15.9 Å². The van der Waals surface area contributed by atoms with Crippen molar-refractivity contribution < 1.29 is 14.3 Å². The van der Waals surface area contributed by atoms with Crippen molar-refractivity contribution >= 4 is 27.7 Å². The number of hydrogen-bond donors (Lipinski definition) is 0. The van der Waals surface area contributed by atoms with E-state index in [1.54, 1.807) is 7.11 Å². The molecule has 1 aromatic heterocycles. The Labute approximate surface area is 236 Å². The minimum atomic E-state index is 0.0605. The molecule has 38 heavy (non-hydrogen) atoms. The highest BCUT2D eigenvalue weighted by atomic mass is 79.9. The standard InChI is InChI=1S/C31H44BrN3O3/c1-38-21-9-20-34(31(37)26-10-4-2-5-11-26)24-30(36)35(28-12-6-3-7-13-28)23-29-14-8-19-33(29)22-25-15-17-27(32)18-16-25/h8,14-19,26,28H,2-7,9-13,20-24H2,1H3. The summed E-state index contributed by atoms with van der Waals surface area (Å²) >= 11 is 3.52. The topological polar surface area (TPSA) is 54.8 Å². The highest BCUT2D eigenvalue weighted by Crippen LogP contribution is 2.27. The Morgan fingerprint density at radius 3 is 2.34 bits per heavy atom. The molecule has 2 saturated carbocycles. The molecule has 2 aliphatic rings. The van der Waals surface area contributed by atoms with Gasteiger partial charge in [0.1, 0.15) is 0 Å². The van der Waals surface area contributed by atoms with Gasteiger partial charge in [0, 0.05) is 55.1 Å². The van der Waals surface area contributed by atoms with E-state index in [9.17, 15) is 9.59 Å². The predicted octanol–water partition coefficient (Wildman–Crippen LogP) is 6.41. The molecule has 6 nitrogen and oxygen atoms in total. The molecule has 208 valence electrons. The number of aromatic nitrogens is 1. The van der Waals surface area contributed by atoms with Gasteiger partial charge in [-0.1, -0.05) is 66.6 Å². The number of ether oxygens (including phenoxy) is 1. The zero-order valence-electron chi connectivity index (χ0n) is 23.0. The van der Waals surface area contributed by atoms with Gasteiger partial charge in [-0.3, -0.25) is 9.59 Å². The Hall–Kier alpha value is -2.12. The molecule has 2 amide bonds. The molecule has 0 N–H and O–H groups in total. The van der Waals surface area contributed by atoms with Crippen LogP contribution in [0.15, 0.2) is 47.1 Å². The van der Waals surface area contributed by atoms with Crippen LogP contribution in [0.2, 0.25) is 0 Å². The normalized spacial score (nSPS) is 16.9. The molecule has 1 heterocycles. The van der Waals surface area contributed by atoms with Crippen LogP contribution in [-0.4, -0.2) is 59.0 Å². The molecule has 0 aliphatic heterocycles. The average molecular weight is 587 g/mol. The summed E-state index contributed by atoms with van der Waals surface area (Å²) in [6.07, 6.45) is 13.8. The lowest BCUT2D eigenvalue weighted by Crippen LogP contribution is -2.49. The smallest absolute Gasteiger partial charge is 0.242 e. The minimum Gasteiger partial charge on any atom is -0.385 e. The van der Waals surface area contributed by atoms with Gasteiger partial charge >= 0.3 is 0 Å². The number of nitrogens with zero attached hydrogens (tertiary/aromatic N) is 3. The number of amides is 2. The van der Waals surface area contributed by atoms with Crippen molar-refractivity contribution in [3.05, 3.63) is 58.3 Å². The average Bonchev–Trinajstić information content (AvgIpc) is 3.39. The van der Waals surface area contributed by atoms with Gasteiger partial charge in [0.2, 0.25) is 11.8 Å². The molecule has 0 spiro atoms. The Morgan fingerprint density at radius 2 is 1.66 bits per heavy atom. The summed E-state index contributed by atoms with van der Waals surface area (Å²) in [5.74, 6) is 0.302. The third kappa shape index (κ3) is 8.19. The lowest BCUT2D eigenvalue weighted by molar-refractivity contribution is -0.145. The van der Waals surface area contributed by atoms with Crippen molar-refractivity contribution in [2.24, 2.45) is 5.92 Å². The third-order valence-corrected chi connectivity index (χ3v) is 8.76. The molecule has 0 atom stereocenters. The highest BCUT2D eigenvalue weighted by Gasteiger charge is 2.31. The molecule has 4 rings (SSSR count). The SMILES string of the molecule is COCCCN(CC(=O)N(Cc1cccn1Cc1ccc(Br)cc1)C1CCCCC1)C(=O)C1CCCCC1. The molecule has 0 radical (unpaired) electrons. The summed E-state index contributed by atoms with van der Waals surface area (Å²) in [6, 6.07) is 12.8. The van der Waals surface area contributed by atoms with Crippen LogP contribution in [0.3, 0.4) is 0 Å². The van der Waals surface area contributed by atoms with Crippen molar-refractivity contribution in [2.75, 3.05) is 26.8 Å². The number of halogens is 1. The van der Waals surface area contributed by atoms with E-state index in [2.05, 4.69) is 68.0 Å². The quantitative estimate of drug-likeness (QED) is 0.270. The first-order chi connectivity index (χ1) is 18.5. The van der Waals surface area contributed by atoms with E-state index in [0.29, 0.717) is 19.7 Å². The van der Waals surface area contributed by atoms with Crippen molar-refractivity contribution in [1.29, 1.82) is 0 Å². The molecule has 0 saturated heterocycles. The second kappa shape index (κ2) is 14.9. The zero-order valence-corrected chi connectivity index (χ0v) is 24.5. The van der Waals surface area contributed by atoms with Gasteiger partial charge in [0.25, 0.3) is 0 Å². The summed E-state index contributed by atoms with van der Waals surface area (Å²) in [5.41, 5.74) is 2.36. The van der Waals surface area contributed by atoms with Crippen LogP contribution in [0.5, 0.6) is 0 Å². The zero-order chi connectivity index (χ0) is 26.7. The Bertz CT molecular complexity index is 1010. The fourth-order valence-corrected chi connectivity index (χ4v) is 6.32. The maximum atomic E-state index is 14.0. The summed E-state index contributed by atoms with van der Waals surface area (Å²) in [6.45, 7) is 2.69. The molecule has 0 bridgehead atoms. The fraction of sp³-hybridized carbons (Fsp3) is 0.613. The maximum Gasteiger partial charge on any atom is 0.242 e. The first-order valence-electron chi connectivity index (χ1n) is 14.5. The predicted molar refractivity (Wildman–Crippen MR) is 155 cm³/mol. The fourth-order valence-electron chi connectivity index (χ4n) is 6.05. The number of rotatable bonds is 12. The molecular formula is C31H44BrN3O3. The largest absolute Gasteiger partial charge is 0.385 e. The van der Waals surface area contributed by atoms with E-state index in [1.807, 2.05) is 4.90 Å². The molecule has 0 unspecified atom stereocenters. The number of methoxy groups -OCH3 is 1. The van der Waals surface area contributed by atoms with Gasteiger partial charge in [0.15, 0.2) is 0 Å². The number of carbonyl (C=O) groups is 2. The third-order valence-electron chi connectivity index (χ3n) is 8.23. The summed E-state index contributed by atoms with van der Waals surface area (Å²) < 4.78 is 8.58. The lowest BCUT2D eigenvalue weighted by Gasteiger charge is -2.37. The molecule has 2 aromatic rings. The summed E-state index contributed by atoms with van der Waals surface area (Å²) in [7, 11) is 1.69. The number of carbonyl (C=O) groups excluding carboxylic acids is 2. The van der Waals surface area contributed by atoms with Gasteiger partial charge in [-0.15, -0.1) is 0 Å². The molecule has 2 aliphatic carbocycles. The molecule has 7 heteroatoms. The van der Waals surface area contributed by atoms with Crippen LogP contribution in [0, 0.1) is 5.92 Å². The van der Waals surface area contributed by atoms with Gasteiger partial charge in [0.05, 0.1) is 13.1 Å². The van der Waals surface area contributed by atoms with Crippen LogP contribution in [0.4, 0.5) is 0 Å². The van der Waals surface area contributed by atoms with Gasteiger partial charge < -0.3 is 19.1 Å². The van der Waals surface area contributed by atoms with E-state index in [-0.39, 0.29) is 30.3 Å². The van der Waals surface area contributed by atoms with E-state index >= 15 is 0 Å². The molecule has 1 aromatic carbocycles. The van der Waals surface area contributed by atoms with Crippen molar-refractivity contribution in [3.8, 4) is 0 Å². The maximum absolute atomic E-state index is 14.0.